The molecule has 0 saturated heterocycles. The SMILES string of the molecule is C=CC[C@@](C)(O)[C@H](Cc1ccccc1)NC(=O)OC(C)(C)C. The maximum atomic E-state index is 12.0. The number of benzene rings is 1. The molecule has 1 aromatic carbocycles. The van der Waals surface area contributed by atoms with Crippen molar-refractivity contribution in [3.63, 3.8) is 0 Å². The maximum Gasteiger partial charge on any atom is 0.407 e. The summed E-state index contributed by atoms with van der Waals surface area (Å²) in [6, 6.07) is 9.26. The number of ether oxygens (including phenoxy) is 1. The summed E-state index contributed by atoms with van der Waals surface area (Å²) in [4.78, 5) is 12.0. The van der Waals surface area contributed by atoms with Crippen molar-refractivity contribution < 1.29 is 14.6 Å². The van der Waals surface area contributed by atoms with Crippen molar-refractivity contribution in [1.29, 1.82) is 0 Å². The zero-order chi connectivity index (χ0) is 16.8. The second kappa shape index (κ2) is 7.45. The smallest absolute Gasteiger partial charge is 0.407 e. The summed E-state index contributed by atoms with van der Waals surface area (Å²) in [6.07, 6.45) is 2.01. The number of hydrogen-bond acceptors (Lipinski definition) is 3. The highest BCUT2D eigenvalue weighted by molar-refractivity contribution is 5.68. The average molecular weight is 305 g/mol. The van der Waals surface area contributed by atoms with E-state index in [9.17, 15) is 9.90 Å². The van der Waals surface area contributed by atoms with Gasteiger partial charge in [-0.25, -0.2) is 4.79 Å². The summed E-state index contributed by atoms with van der Waals surface area (Å²) < 4.78 is 5.29. The Morgan fingerprint density at radius 3 is 2.41 bits per heavy atom. The number of amides is 1. The molecule has 2 N–H and O–H groups in total. The Morgan fingerprint density at radius 1 is 1.32 bits per heavy atom. The van der Waals surface area contributed by atoms with Crippen molar-refractivity contribution in [2.45, 2.75) is 57.8 Å². The van der Waals surface area contributed by atoms with Crippen LogP contribution in [-0.4, -0.2) is 28.4 Å². The molecule has 0 heterocycles. The van der Waals surface area contributed by atoms with Crippen molar-refractivity contribution in [1.82, 2.24) is 5.32 Å². The van der Waals surface area contributed by atoms with Crippen LogP contribution in [0.15, 0.2) is 43.0 Å². The predicted molar refractivity (Wildman–Crippen MR) is 88.7 cm³/mol. The zero-order valence-corrected chi connectivity index (χ0v) is 13.9. The van der Waals surface area contributed by atoms with Crippen LogP contribution in [0.1, 0.15) is 39.7 Å². The molecule has 0 aliphatic heterocycles. The number of nitrogens with one attached hydrogen (secondary N) is 1. The Morgan fingerprint density at radius 2 is 1.91 bits per heavy atom. The second-order valence-electron chi connectivity index (χ2n) is 6.74. The third-order valence-electron chi connectivity index (χ3n) is 3.28. The standard InChI is InChI=1S/C18H27NO3/c1-6-12-18(5,21)15(13-14-10-8-7-9-11-14)19-16(20)22-17(2,3)4/h6-11,15,21H,1,12-13H2,2-5H3,(H,19,20)/t15-,18+/m0/s1. The predicted octanol–water partition coefficient (Wildman–Crippen LogP) is 3.45. The highest BCUT2D eigenvalue weighted by Gasteiger charge is 2.33. The molecule has 0 radical (unpaired) electrons. The van der Waals surface area contributed by atoms with Gasteiger partial charge in [0.05, 0.1) is 11.6 Å². The third kappa shape index (κ3) is 6.31. The van der Waals surface area contributed by atoms with Crippen LogP contribution in [0.2, 0.25) is 0 Å². The molecule has 122 valence electrons. The minimum absolute atomic E-state index is 0.375. The van der Waals surface area contributed by atoms with Gasteiger partial charge in [0, 0.05) is 0 Å². The molecule has 0 bridgehead atoms. The summed E-state index contributed by atoms with van der Waals surface area (Å²) >= 11 is 0. The number of carbonyl (C=O) groups excluding carboxylic acids is 1. The fourth-order valence-electron chi connectivity index (χ4n) is 2.16. The lowest BCUT2D eigenvalue weighted by Crippen LogP contribution is -2.53. The highest BCUT2D eigenvalue weighted by Crippen LogP contribution is 2.20. The summed E-state index contributed by atoms with van der Waals surface area (Å²) in [7, 11) is 0. The first-order valence-electron chi connectivity index (χ1n) is 7.51. The molecular formula is C18H27NO3. The van der Waals surface area contributed by atoms with E-state index in [-0.39, 0.29) is 0 Å². The van der Waals surface area contributed by atoms with E-state index in [0.717, 1.165) is 5.56 Å². The zero-order valence-electron chi connectivity index (χ0n) is 13.9. The lowest BCUT2D eigenvalue weighted by Gasteiger charge is -2.33. The van der Waals surface area contributed by atoms with Crippen LogP contribution in [0.25, 0.3) is 0 Å². The monoisotopic (exact) mass is 305 g/mol. The fraction of sp³-hybridized carbons (Fsp3) is 0.500. The van der Waals surface area contributed by atoms with Crippen LogP contribution in [-0.2, 0) is 11.2 Å². The van der Waals surface area contributed by atoms with Gasteiger partial charge < -0.3 is 15.2 Å². The summed E-state index contributed by atoms with van der Waals surface area (Å²) in [5.74, 6) is 0. The van der Waals surface area contributed by atoms with E-state index < -0.39 is 23.3 Å². The molecule has 0 spiro atoms. The lowest BCUT2D eigenvalue weighted by atomic mass is 9.88. The van der Waals surface area contributed by atoms with Crippen LogP contribution >= 0.6 is 0 Å². The lowest BCUT2D eigenvalue weighted by molar-refractivity contribution is 0.00757. The second-order valence-corrected chi connectivity index (χ2v) is 6.74. The van der Waals surface area contributed by atoms with Crippen LogP contribution in [0.3, 0.4) is 0 Å². The highest BCUT2D eigenvalue weighted by atomic mass is 16.6. The Hall–Kier alpha value is -1.81. The van der Waals surface area contributed by atoms with E-state index in [1.807, 2.05) is 30.3 Å². The topological polar surface area (TPSA) is 58.6 Å². The third-order valence-corrected chi connectivity index (χ3v) is 3.28. The molecule has 0 saturated carbocycles. The van der Waals surface area contributed by atoms with Gasteiger partial charge in [-0.1, -0.05) is 36.4 Å². The van der Waals surface area contributed by atoms with Crippen LogP contribution in [0.4, 0.5) is 4.79 Å². The molecule has 1 rings (SSSR count). The van der Waals surface area contributed by atoms with E-state index in [2.05, 4.69) is 11.9 Å². The van der Waals surface area contributed by atoms with Gasteiger partial charge in [0.2, 0.25) is 0 Å². The number of rotatable bonds is 6. The summed E-state index contributed by atoms with van der Waals surface area (Å²) in [5.41, 5.74) is -0.645. The first kappa shape index (κ1) is 18.2. The molecule has 0 aliphatic carbocycles. The van der Waals surface area contributed by atoms with Crippen LogP contribution in [0.5, 0.6) is 0 Å². The Bertz CT molecular complexity index is 489. The van der Waals surface area contributed by atoms with Crippen molar-refractivity contribution >= 4 is 6.09 Å². The van der Waals surface area contributed by atoms with Crippen molar-refractivity contribution in [2.75, 3.05) is 0 Å². The average Bonchev–Trinajstić information content (AvgIpc) is 2.37. The van der Waals surface area contributed by atoms with Gasteiger partial charge in [0.25, 0.3) is 0 Å². The van der Waals surface area contributed by atoms with E-state index >= 15 is 0 Å². The number of aliphatic hydroxyl groups is 1. The minimum Gasteiger partial charge on any atom is -0.444 e. The summed E-state index contributed by atoms with van der Waals surface area (Å²) in [6.45, 7) is 10.8. The van der Waals surface area contributed by atoms with Crippen molar-refractivity contribution in [3.8, 4) is 0 Å². The molecule has 1 amide bonds. The molecule has 4 nitrogen and oxygen atoms in total. The molecular weight excluding hydrogens is 278 g/mol. The number of carbonyl (C=O) groups is 1. The van der Waals surface area contributed by atoms with E-state index in [0.29, 0.717) is 12.8 Å². The van der Waals surface area contributed by atoms with Crippen LogP contribution < -0.4 is 5.32 Å². The number of hydrogen-bond donors (Lipinski definition) is 2. The molecule has 0 unspecified atom stereocenters. The first-order chi connectivity index (χ1) is 10.1. The molecule has 2 atom stereocenters. The Labute approximate surface area is 133 Å². The van der Waals surface area contributed by atoms with E-state index in [1.54, 1.807) is 33.8 Å². The van der Waals surface area contributed by atoms with Gasteiger partial charge in [-0.05, 0) is 46.1 Å². The first-order valence-corrected chi connectivity index (χ1v) is 7.51. The van der Waals surface area contributed by atoms with Crippen LogP contribution in [0, 0.1) is 0 Å². The minimum atomic E-state index is -1.10. The molecule has 1 aromatic rings. The van der Waals surface area contributed by atoms with E-state index in [1.165, 1.54) is 0 Å². The molecule has 0 aliphatic rings. The van der Waals surface area contributed by atoms with Gasteiger partial charge >= 0.3 is 6.09 Å². The largest absolute Gasteiger partial charge is 0.444 e. The van der Waals surface area contributed by atoms with Gasteiger partial charge in [-0.3, -0.25) is 0 Å². The van der Waals surface area contributed by atoms with E-state index in [4.69, 9.17) is 4.74 Å². The van der Waals surface area contributed by atoms with Gasteiger partial charge in [0.15, 0.2) is 0 Å². The Kier molecular flexibility index (Phi) is 6.18. The summed E-state index contributed by atoms with van der Waals surface area (Å²) in [5, 5.41) is 13.4. The molecule has 22 heavy (non-hydrogen) atoms. The van der Waals surface area contributed by atoms with Gasteiger partial charge in [-0.15, -0.1) is 6.58 Å². The number of alkyl carbamates (subject to hydrolysis) is 1. The molecule has 4 heteroatoms. The van der Waals surface area contributed by atoms with Gasteiger partial charge in [0.1, 0.15) is 5.60 Å². The van der Waals surface area contributed by atoms with Gasteiger partial charge in [-0.2, -0.15) is 0 Å². The maximum absolute atomic E-state index is 12.0. The molecule has 0 aromatic heterocycles. The normalized spacial score (nSPS) is 15.5. The van der Waals surface area contributed by atoms with Crippen molar-refractivity contribution in [2.24, 2.45) is 0 Å². The fourth-order valence-corrected chi connectivity index (χ4v) is 2.16. The Balaban J connectivity index is 2.87. The van der Waals surface area contributed by atoms with Crippen molar-refractivity contribution in [3.05, 3.63) is 48.6 Å². The quantitative estimate of drug-likeness (QED) is 0.791. The molecule has 0 fully saturated rings.